The second-order valence-corrected chi connectivity index (χ2v) is 4.81. The van der Waals surface area contributed by atoms with Gasteiger partial charge in [0.1, 0.15) is 0 Å². The average Bonchev–Trinajstić information content (AvgIpc) is 2.40. The van der Waals surface area contributed by atoms with Crippen LogP contribution in [0.25, 0.3) is 11.1 Å². The van der Waals surface area contributed by atoms with Gasteiger partial charge >= 0.3 is 6.18 Å². The molecule has 2 aromatic rings. The molecule has 0 aliphatic heterocycles. The molecule has 0 amide bonds. The molecule has 2 rings (SSSR count). The van der Waals surface area contributed by atoms with E-state index in [9.17, 15) is 13.2 Å². The Labute approximate surface area is 120 Å². The molecule has 0 atom stereocenters. The van der Waals surface area contributed by atoms with E-state index in [1.165, 1.54) is 12.1 Å². The minimum Gasteiger partial charge on any atom is -0.316 e. The minimum atomic E-state index is -4.39. The van der Waals surface area contributed by atoms with Gasteiger partial charge in [0, 0.05) is 11.6 Å². The highest BCUT2D eigenvalue weighted by atomic mass is 35.5. The van der Waals surface area contributed by atoms with E-state index in [0.29, 0.717) is 17.1 Å². The molecule has 0 aliphatic carbocycles. The fourth-order valence-corrected chi connectivity index (χ4v) is 2.28. The predicted octanol–water partition coefficient (Wildman–Crippen LogP) is 4.75. The summed E-state index contributed by atoms with van der Waals surface area (Å²) in [5, 5.41) is 3.36. The molecule has 0 bridgehead atoms. The molecule has 0 heterocycles. The van der Waals surface area contributed by atoms with E-state index in [2.05, 4.69) is 5.32 Å². The zero-order chi connectivity index (χ0) is 14.8. The van der Waals surface area contributed by atoms with Crippen molar-refractivity contribution < 1.29 is 13.2 Å². The molecule has 1 N–H and O–H groups in total. The molecule has 0 aromatic heterocycles. The van der Waals surface area contributed by atoms with Crippen LogP contribution in [0.1, 0.15) is 11.1 Å². The van der Waals surface area contributed by atoms with Gasteiger partial charge in [-0.25, -0.2) is 0 Å². The summed E-state index contributed by atoms with van der Waals surface area (Å²) >= 11 is 5.93. The molecule has 1 nitrogen and oxygen atoms in total. The van der Waals surface area contributed by atoms with Crippen molar-refractivity contribution in [1.82, 2.24) is 5.32 Å². The first-order chi connectivity index (χ1) is 9.43. The topological polar surface area (TPSA) is 12.0 Å². The van der Waals surface area contributed by atoms with Crippen molar-refractivity contribution in [3.8, 4) is 11.1 Å². The quantitative estimate of drug-likeness (QED) is 0.863. The van der Waals surface area contributed by atoms with Gasteiger partial charge in [0.25, 0.3) is 0 Å². The Morgan fingerprint density at radius 2 is 1.75 bits per heavy atom. The smallest absolute Gasteiger partial charge is 0.316 e. The highest BCUT2D eigenvalue weighted by Gasteiger charge is 2.33. The fraction of sp³-hybridized carbons (Fsp3) is 0.200. The van der Waals surface area contributed by atoms with Gasteiger partial charge in [-0.2, -0.15) is 13.2 Å². The second-order valence-electron chi connectivity index (χ2n) is 4.38. The lowest BCUT2D eigenvalue weighted by Gasteiger charge is -2.16. The van der Waals surface area contributed by atoms with Gasteiger partial charge in [0.05, 0.1) is 5.56 Å². The van der Waals surface area contributed by atoms with Gasteiger partial charge in [-0.05, 0) is 41.9 Å². The SMILES string of the molecule is CNCc1ccc(Cl)cc1-c1ccccc1C(F)(F)F. The Morgan fingerprint density at radius 1 is 1.05 bits per heavy atom. The van der Waals surface area contributed by atoms with Crippen LogP contribution in [0.15, 0.2) is 42.5 Å². The lowest BCUT2D eigenvalue weighted by atomic mass is 9.95. The summed E-state index contributed by atoms with van der Waals surface area (Å²) in [5.74, 6) is 0. The van der Waals surface area contributed by atoms with E-state index < -0.39 is 11.7 Å². The number of hydrogen-bond donors (Lipinski definition) is 1. The van der Waals surface area contributed by atoms with Crippen molar-refractivity contribution in [3.05, 3.63) is 58.6 Å². The van der Waals surface area contributed by atoms with E-state index in [1.54, 1.807) is 31.3 Å². The molecule has 0 spiro atoms. The normalized spacial score (nSPS) is 11.7. The van der Waals surface area contributed by atoms with Gasteiger partial charge in [0.15, 0.2) is 0 Å². The molecule has 0 unspecified atom stereocenters. The van der Waals surface area contributed by atoms with Crippen LogP contribution in [0, 0.1) is 0 Å². The highest BCUT2D eigenvalue weighted by Crippen LogP contribution is 2.38. The molecule has 2 aromatic carbocycles. The van der Waals surface area contributed by atoms with Crippen molar-refractivity contribution in [1.29, 1.82) is 0 Å². The summed E-state index contributed by atoms with van der Waals surface area (Å²) in [6, 6.07) is 10.5. The molecule has 0 fully saturated rings. The van der Waals surface area contributed by atoms with Crippen LogP contribution in [0.2, 0.25) is 5.02 Å². The maximum absolute atomic E-state index is 13.1. The summed E-state index contributed by atoms with van der Waals surface area (Å²) < 4.78 is 39.3. The Kier molecular flexibility index (Phi) is 4.35. The zero-order valence-corrected chi connectivity index (χ0v) is 11.5. The number of halogens is 4. The third-order valence-corrected chi connectivity index (χ3v) is 3.20. The second kappa shape index (κ2) is 5.85. The van der Waals surface area contributed by atoms with Crippen molar-refractivity contribution in [2.75, 3.05) is 7.05 Å². The van der Waals surface area contributed by atoms with Gasteiger partial charge in [-0.1, -0.05) is 35.9 Å². The van der Waals surface area contributed by atoms with E-state index in [1.807, 2.05) is 0 Å². The van der Waals surface area contributed by atoms with Crippen molar-refractivity contribution in [2.45, 2.75) is 12.7 Å². The van der Waals surface area contributed by atoms with E-state index in [-0.39, 0.29) is 5.56 Å². The van der Waals surface area contributed by atoms with Crippen LogP contribution >= 0.6 is 11.6 Å². The minimum absolute atomic E-state index is 0.146. The molecular formula is C15H13ClF3N. The largest absolute Gasteiger partial charge is 0.417 e. The fourth-order valence-electron chi connectivity index (χ4n) is 2.11. The number of hydrogen-bond acceptors (Lipinski definition) is 1. The van der Waals surface area contributed by atoms with Gasteiger partial charge in [0.2, 0.25) is 0 Å². The average molecular weight is 300 g/mol. The van der Waals surface area contributed by atoms with Crippen LogP contribution in [-0.4, -0.2) is 7.05 Å². The van der Waals surface area contributed by atoms with E-state index in [4.69, 9.17) is 11.6 Å². The molecule has 106 valence electrons. The summed E-state index contributed by atoms with van der Waals surface area (Å²) in [6.07, 6.45) is -4.39. The summed E-state index contributed by atoms with van der Waals surface area (Å²) in [6.45, 7) is 0.471. The van der Waals surface area contributed by atoms with Crippen LogP contribution in [0.3, 0.4) is 0 Å². The predicted molar refractivity (Wildman–Crippen MR) is 74.7 cm³/mol. The van der Waals surface area contributed by atoms with Crippen LogP contribution in [0.4, 0.5) is 13.2 Å². The maximum atomic E-state index is 13.1. The van der Waals surface area contributed by atoms with E-state index >= 15 is 0 Å². The number of nitrogens with one attached hydrogen (secondary N) is 1. The van der Waals surface area contributed by atoms with Crippen LogP contribution in [0.5, 0.6) is 0 Å². The molecule has 0 saturated heterocycles. The van der Waals surface area contributed by atoms with Gasteiger partial charge < -0.3 is 5.32 Å². The first-order valence-corrected chi connectivity index (χ1v) is 6.41. The third-order valence-electron chi connectivity index (χ3n) is 2.96. The van der Waals surface area contributed by atoms with Crippen molar-refractivity contribution in [3.63, 3.8) is 0 Å². The maximum Gasteiger partial charge on any atom is 0.417 e. The third kappa shape index (κ3) is 3.14. The number of rotatable bonds is 3. The zero-order valence-electron chi connectivity index (χ0n) is 10.8. The van der Waals surface area contributed by atoms with Crippen LogP contribution in [-0.2, 0) is 12.7 Å². The molecule has 5 heteroatoms. The molecule has 0 aliphatic rings. The monoisotopic (exact) mass is 299 g/mol. The Hall–Kier alpha value is -1.52. The van der Waals surface area contributed by atoms with E-state index in [0.717, 1.165) is 11.6 Å². The summed E-state index contributed by atoms with van der Waals surface area (Å²) in [5.41, 5.74) is 0.765. The first-order valence-electron chi connectivity index (χ1n) is 6.03. The van der Waals surface area contributed by atoms with Gasteiger partial charge in [-0.15, -0.1) is 0 Å². The molecular weight excluding hydrogens is 287 g/mol. The van der Waals surface area contributed by atoms with Crippen molar-refractivity contribution in [2.24, 2.45) is 0 Å². The lowest BCUT2D eigenvalue weighted by molar-refractivity contribution is -0.137. The molecule has 20 heavy (non-hydrogen) atoms. The Morgan fingerprint density at radius 3 is 2.40 bits per heavy atom. The number of alkyl halides is 3. The molecule has 0 saturated carbocycles. The summed E-state index contributed by atoms with van der Waals surface area (Å²) in [7, 11) is 1.74. The highest BCUT2D eigenvalue weighted by molar-refractivity contribution is 6.30. The lowest BCUT2D eigenvalue weighted by Crippen LogP contribution is -2.10. The van der Waals surface area contributed by atoms with Crippen molar-refractivity contribution >= 4 is 11.6 Å². The summed E-state index contributed by atoms with van der Waals surface area (Å²) in [4.78, 5) is 0. The Bertz CT molecular complexity index is 608. The first kappa shape index (κ1) is 14.9. The number of benzene rings is 2. The molecule has 0 radical (unpaired) electrons. The van der Waals surface area contributed by atoms with Gasteiger partial charge in [-0.3, -0.25) is 0 Å². The Balaban J connectivity index is 2.65. The van der Waals surface area contributed by atoms with Crippen LogP contribution < -0.4 is 5.32 Å². The standard InChI is InChI=1S/C15H13ClF3N/c1-20-9-10-6-7-11(16)8-13(10)12-4-2-3-5-14(12)15(17,18)19/h2-8,20H,9H2,1H3.